The van der Waals surface area contributed by atoms with Crippen LogP contribution in [0.4, 0.5) is 5.69 Å². The Morgan fingerprint density at radius 1 is 1.19 bits per heavy atom. The topological polar surface area (TPSA) is 61.9 Å². The summed E-state index contributed by atoms with van der Waals surface area (Å²) in [6.07, 6.45) is 2.49. The Bertz CT molecular complexity index is 616. The first-order chi connectivity index (χ1) is 13.1. The summed E-state index contributed by atoms with van der Waals surface area (Å²) >= 11 is 0. The van der Waals surface area contributed by atoms with E-state index in [0.29, 0.717) is 31.7 Å². The molecule has 1 atom stereocenters. The van der Waals surface area contributed by atoms with Crippen molar-refractivity contribution in [2.24, 2.45) is 0 Å². The smallest absolute Gasteiger partial charge is 0.268 e. The van der Waals surface area contributed by atoms with Crippen LogP contribution in [0.2, 0.25) is 0 Å². The van der Waals surface area contributed by atoms with Gasteiger partial charge in [0.1, 0.15) is 5.75 Å². The first-order valence-electron chi connectivity index (χ1n) is 10.2. The van der Waals surface area contributed by atoms with Gasteiger partial charge in [0, 0.05) is 19.5 Å². The summed E-state index contributed by atoms with van der Waals surface area (Å²) in [7, 11) is 0. The van der Waals surface area contributed by atoms with E-state index in [1.54, 1.807) is 4.90 Å². The quantitative estimate of drug-likeness (QED) is 0.604. The molecule has 0 bridgehead atoms. The molecule has 1 aromatic rings. The van der Waals surface area contributed by atoms with Gasteiger partial charge in [0.2, 0.25) is 5.91 Å². The van der Waals surface area contributed by atoms with E-state index < -0.39 is 6.10 Å². The largest absolute Gasteiger partial charge is 0.478 e. The van der Waals surface area contributed by atoms with E-state index in [2.05, 4.69) is 24.1 Å². The van der Waals surface area contributed by atoms with Crippen LogP contribution in [0.25, 0.3) is 0 Å². The lowest BCUT2D eigenvalue weighted by Gasteiger charge is -2.33. The molecule has 1 unspecified atom stereocenters. The molecule has 1 N–H and O–H groups in total. The van der Waals surface area contributed by atoms with E-state index in [9.17, 15) is 9.59 Å². The second-order valence-electron chi connectivity index (χ2n) is 6.81. The van der Waals surface area contributed by atoms with Crippen LogP contribution in [0.5, 0.6) is 5.75 Å². The number of ether oxygens (including phenoxy) is 1. The molecular weight excluding hydrogens is 342 g/mol. The Balaban J connectivity index is 1.78. The van der Waals surface area contributed by atoms with E-state index in [0.717, 1.165) is 38.2 Å². The van der Waals surface area contributed by atoms with Crippen molar-refractivity contribution < 1.29 is 14.3 Å². The zero-order chi connectivity index (χ0) is 19.6. The Morgan fingerprint density at radius 2 is 1.93 bits per heavy atom. The molecule has 0 spiro atoms. The second kappa shape index (κ2) is 10.9. The fourth-order valence-corrected chi connectivity index (χ4v) is 3.29. The molecule has 0 aromatic heterocycles. The van der Waals surface area contributed by atoms with Crippen LogP contribution < -0.4 is 15.0 Å². The molecule has 1 aromatic carbocycles. The number of benzene rings is 1. The van der Waals surface area contributed by atoms with Crippen molar-refractivity contribution in [1.29, 1.82) is 0 Å². The molecule has 0 fully saturated rings. The van der Waals surface area contributed by atoms with Crippen LogP contribution in [-0.4, -0.2) is 55.5 Å². The average Bonchev–Trinajstić information content (AvgIpc) is 2.69. The van der Waals surface area contributed by atoms with Gasteiger partial charge in [0.15, 0.2) is 6.10 Å². The van der Waals surface area contributed by atoms with Crippen molar-refractivity contribution >= 4 is 17.5 Å². The summed E-state index contributed by atoms with van der Waals surface area (Å²) in [6, 6.07) is 7.51. The lowest BCUT2D eigenvalue weighted by Crippen LogP contribution is -2.46. The molecule has 2 rings (SSSR count). The highest BCUT2D eigenvalue weighted by Crippen LogP contribution is 2.34. The molecule has 2 amide bonds. The molecule has 27 heavy (non-hydrogen) atoms. The minimum atomic E-state index is -0.469. The van der Waals surface area contributed by atoms with Gasteiger partial charge in [-0.15, -0.1) is 0 Å². The molecule has 6 heteroatoms. The minimum Gasteiger partial charge on any atom is -0.478 e. The summed E-state index contributed by atoms with van der Waals surface area (Å²) in [5.41, 5.74) is 0.749. The third-order valence-electron chi connectivity index (χ3n) is 5.02. The number of fused-ring (bicyclic) bond motifs is 1. The molecule has 0 aliphatic carbocycles. The first kappa shape index (κ1) is 21.2. The van der Waals surface area contributed by atoms with Crippen LogP contribution >= 0.6 is 0 Å². The standard InChI is InChI=1S/C21H33N3O3/c1-4-18-21(26)24(17-11-7-8-12-19(17)27-18)16-13-20(25)22-14-9-10-15-23(5-2)6-3/h7-8,11-12,18H,4-6,9-10,13-16H2,1-3H3,(H,22,25). The van der Waals surface area contributed by atoms with Gasteiger partial charge < -0.3 is 19.9 Å². The summed E-state index contributed by atoms with van der Waals surface area (Å²) in [5, 5.41) is 2.97. The van der Waals surface area contributed by atoms with Crippen LogP contribution in [0, 0.1) is 0 Å². The predicted molar refractivity (Wildman–Crippen MR) is 108 cm³/mol. The molecule has 1 aliphatic rings. The zero-order valence-corrected chi connectivity index (χ0v) is 16.9. The van der Waals surface area contributed by atoms with Gasteiger partial charge in [-0.3, -0.25) is 9.59 Å². The molecule has 150 valence electrons. The van der Waals surface area contributed by atoms with Crippen molar-refractivity contribution in [3.8, 4) is 5.75 Å². The van der Waals surface area contributed by atoms with E-state index in [-0.39, 0.29) is 11.8 Å². The number of carbonyl (C=O) groups excluding carboxylic acids is 2. The Morgan fingerprint density at radius 3 is 2.63 bits per heavy atom. The fourth-order valence-electron chi connectivity index (χ4n) is 3.29. The number of hydrogen-bond donors (Lipinski definition) is 1. The van der Waals surface area contributed by atoms with E-state index in [1.807, 2.05) is 31.2 Å². The van der Waals surface area contributed by atoms with E-state index >= 15 is 0 Å². The number of nitrogens with one attached hydrogen (secondary N) is 1. The summed E-state index contributed by atoms with van der Waals surface area (Å²) in [6.45, 7) is 10.5. The summed E-state index contributed by atoms with van der Waals surface area (Å²) in [4.78, 5) is 28.9. The highest BCUT2D eigenvalue weighted by Gasteiger charge is 2.32. The number of nitrogens with zero attached hydrogens (tertiary/aromatic N) is 2. The Labute approximate surface area is 162 Å². The van der Waals surface area contributed by atoms with Gasteiger partial charge in [-0.05, 0) is 51.0 Å². The van der Waals surface area contributed by atoms with Crippen molar-refractivity contribution in [3.05, 3.63) is 24.3 Å². The number of anilines is 1. The van der Waals surface area contributed by atoms with Crippen LogP contribution in [-0.2, 0) is 9.59 Å². The fraction of sp³-hybridized carbons (Fsp3) is 0.619. The second-order valence-corrected chi connectivity index (χ2v) is 6.81. The Kier molecular flexibility index (Phi) is 8.58. The van der Waals surface area contributed by atoms with Crippen molar-refractivity contribution in [2.45, 2.75) is 52.6 Å². The van der Waals surface area contributed by atoms with Crippen LogP contribution in [0.3, 0.4) is 0 Å². The molecule has 0 radical (unpaired) electrons. The summed E-state index contributed by atoms with van der Waals surface area (Å²) < 4.78 is 5.76. The van der Waals surface area contributed by atoms with Gasteiger partial charge in [0.25, 0.3) is 5.91 Å². The number of carbonyl (C=O) groups is 2. The van der Waals surface area contributed by atoms with E-state index in [4.69, 9.17) is 4.74 Å². The molecular formula is C21H33N3O3. The molecule has 0 saturated heterocycles. The van der Waals surface area contributed by atoms with Gasteiger partial charge in [0.05, 0.1) is 5.69 Å². The predicted octanol–water partition coefficient (Wildman–Crippen LogP) is 2.82. The van der Waals surface area contributed by atoms with Crippen molar-refractivity contribution in [3.63, 3.8) is 0 Å². The zero-order valence-electron chi connectivity index (χ0n) is 16.9. The van der Waals surface area contributed by atoms with E-state index in [1.165, 1.54) is 0 Å². The Hall–Kier alpha value is -2.08. The van der Waals surface area contributed by atoms with Gasteiger partial charge in [-0.25, -0.2) is 0 Å². The normalized spacial score (nSPS) is 16.2. The van der Waals surface area contributed by atoms with Gasteiger partial charge in [-0.2, -0.15) is 0 Å². The van der Waals surface area contributed by atoms with Crippen molar-refractivity contribution in [1.82, 2.24) is 10.2 Å². The van der Waals surface area contributed by atoms with Gasteiger partial charge in [-0.1, -0.05) is 32.9 Å². The number of para-hydroxylation sites is 2. The number of unbranched alkanes of at least 4 members (excludes halogenated alkanes) is 1. The number of rotatable bonds is 11. The molecule has 1 aliphatic heterocycles. The molecule has 1 heterocycles. The van der Waals surface area contributed by atoms with Gasteiger partial charge >= 0.3 is 0 Å². The highest BCUT2D eigenvalue weighted by atomic mass is 16.5. The third kappa shape index (κ3) is 5.96. The molecule has 0 saturated carbocycles. The average molecular weight is 376 g/mol. The first-order valence-corrected chi connectivity index (χ1v) is 10.2. The lowest BCUT2D eigenvalue weighted by atomic mass is 10.1. The number of amides is 2. The lowest BCUT2D eigenvalue weighted by molar-refractivity contribution is -0.126. The maximum Gasteiger partial charge on any atom is 0.268 e. The maximum absolute atomic E-state index is 12.6. The highest BCUT2D eigenvalue weighted by molar-refractivity contribution is 6.00. The number of hydrogen-bond acceptors (Lipinski definition) is 4. The minimum absolute atomic E-state index is 0.0114. The van der Waals surface area contributed by atoms with Crippen molar-refractivity contribution in [2.75, 3.05) is 37.6 Å². The monoisotopic (exact) mass is 375 g/mol. The van der Waals surface area contributed by atoms with Crippen LogP contribution in [0.1, 0.15) is 46.5 Å². The summed E-state index contributed by atoms with van der Waals surface area (Å²) in [5.74, 6) is 0.631. The molecule has 6 nitrogen and oxygen atoms in total. The SMILES string of the molecule is CCC1Oc2ccccc2N(CCC(=O)NCCCCN(CC)CC)C1=O. The maximum atomic E-state index is 12.6. The third-order valence-corrected chi connectivity index (χ3v) is 5.02. The van der Waals surface area contributed by atoms with Crippen LogP contribution in [0.15, 0.2) is 24.3 Å².